The highest BCUT2D eigenvalue weighted by Gasteiger charge is 2.32. The number of halogens is 1. The Morgan fingerprint density at radius 1 is 1.32 bits per heavy atom. The van der Waals surface area contributed by atoms with Crippen LogP contribution in [0.5, 0.6) is 5.75 Å². The average molecular weight is 322 g/mol. The van der Waals surface area contributed by atoms with Crippen LogP contribution in [0.1, 0.15) is 19.5 Å². The normalized spacial score (nSPS) is 16.4. The van der Waals surface area contributed by atoms with Gasteiger partial charge in [-0.3, -0.25) is 4.68 Å². The Balaban J connectivity index is 2.13. The highest BCUT2D eigenvalue weighted by atomic mass is 79.9. The van der Waals surface area contributed by atoms with E-state index in [1.165, 1.54) is 5.69 Å². The molecule has 0 saturated heterocycles. The second-order valence-electron chi connectivity index (χ2n) is 5.71. The van der Waals surface area contributed by atoms with Crippen molar-refractivity contribution in [3.8, 4) is 16.9 Å². The Hall–Kier alpha value is -1.36. The van der Waals surface area contributed by atoms with Crippen LogP contribution < -0.4 is 4.74 Å². The summed E-state index contributed by atoms with van der Waals surface area (Å²) < 4.78 is 8.32. The summed E-state index contributed by atoms with van der Waals surface area (Å²) in [4.78, 5) is 4.21. The molecule has 0 amide bonds. The largest absolute Gasteiger partial charge is 0.494 e. The SMILES string of the molecule is COc1cnc(Br)cc1-c1cnn2c1CC(C)(C)C2. The van der Waals surface area contributed by atoms with E-state index in [4.69, 9.17) is 4.74 Å². The van der Waals surface area contributed by atoms with Crippen LogP contribution in [0.2, 0.25) is 0 Å². The maximum absolute atomic E-state index is 5.42. The van der Waals surface area contributed by atoms with Gasteiger partial charge in [0, 0.05) is 23.4 Å². The number of nitrogens with zero attached hydrogens (tertiary/aromatic N) is 3. The summed E-state index contributed by atoms with van der Waals surface area (Å²) in [5.74, 6) is 0.781. The van der Waals surface area contributed by atoms with Gasteiger partial charge in [-0.1, -0.05) is 13.8 Å². The Labute approximate surface area is 120 Å². The molecule has 0 atom stereocenters. The first-order chi connectivity index (χ1) is 9.00. The number of rotatable bonds is 2. The van der Waals surface area contributed by atoms with Gasteiger partial charge in [0.15, 0.2) is 0 Å². The molecule has 3 heterocycles. The van der Waals surface area contributed by atoms with Gasteiger partial charge in [0.25, 0.3) is 0 Å². The average Bonchev–Trinajstić information content (AvgIpc) is 2.84. The molecule has 19 heavy (non-hydrogen) atoms. The molecule has 4 nitrogen and oxygen atoms in total. The van der Waals surface area contributed by atoms with Crippen molar-refractivity contribution >= 4 is 15.9 Å². The standard InChI is InChI=1S/C14H16BrN3O/c1-14(2)5-11-10(6-17-18(11)8-14)9-4-13(15)16-7-12(9)19-3/h4,6-7H,5,8H2,1-3H3. The van der Waals surface area contributed by atoms with Crippen molar-refractivity contribution in [3.63, 3.8) is 0 Å². The van der Waals surface area contributed by atoms with E-state index in [1.807, 2.05) is 12.3 Å². The molecule has 0 saturated carbocycles. The van der Waals surface area contributed by atoms with Crippen molar-refractivity contribution in [2.24, 2.45) is 5.41 Å². The Morgan fingerprint density at radius 2 is 2.11 bits per heavy atom. The molecule has 2 aromatic heterocycles. The molecular weight excluding hydrogens is 306 g/mol. The van der Waals surface area contributed by atoms with Crippen LogP contribution in [0.4, 0.5) is 0 Å². The second kappa shape index (κ2) is 4.34. The number of ether oxygens (including phenoxy) is 1. The van der Waals surface area contributed by atoms with Crippen molar-refractivity contribution in [3.05, 3.63) is 28.8 Å². The summed E-state index contributed by atoms with van der Waals surface area (Å²) in [6.45, 7) is 5.51. The molecule has 3 rings (SSSR count). The minimum atomic E-state index is 0.274. The van der Waals surface area contributed by atoms with Gasteiger partial charge in [-0.2, -0.15) is 5.10 Å². The van der Waals surface area contributed by atoms with Crippen molar-refractivity contribution < 1.29 is 4.74 Å². The number of hydrogen-bond donors (Lipinski definition) is 0. The fourth-order valence-electron chi connectivity index (χ4n) is 2.66. The van der Waals surface area contributed by atoms with E-state index >= 15 is 0 Å². The van der Waals surface area contributed by atoms with Crippen LogP contribution in [0, 0.1) is 5.41 Å². The third-order valence-electron chi connectivity index (χ3n) is 3.52. The molecule has 0 bridgehead atoms. The van der Waals surface area contributed by atoms with Gasteiger partial charge in [0.1, 0.15) is 10.4 Å². The molecule has 0 fully saturated rings. The topological polar surface area (TPSA) is 39.9 Å². The summed E-state index contributed by atoms with van der Waals surface area (Å²) in [6.07, 6.45) is 4.70. The highest BCUT2D eigenvalue weighted by molar-refractivity contribution is 9.10. The van der Waals surface area contributed by atoms with Gasteiger partial charge >= 0.3 is 0 Å². The van der Waals surface area contributed by atoms with Crippen molar-refractivity contribution in [2.45, 2.75) is 26.8 Å². The first kappa shape index (κ1) is 12.7. The molecule has 0 aliphatic carbocycles. The van der Waals surface area contributed by atoms with Crippen molar-refractivity contribution in [1.29, 1.82) is 0 Å². The quantitative estimate of drug-likeness (QED) is 0.797. The number of hydrogen-bond acceptors (Lipinski definition) is 3. The lowest BCUT2D eigenvalue weighted by molar-refractivity contribution is 0.347. The zero-order valence-electron chi connectivity index (χ0n) is 11.3. The number of aromatic nitrogens is 3. The van der Waals surface area contributed by atoms with Crippen molar-refractivity contribution in [1.82, 2.24) is 14.8 Å². The lowest BCUT2D eigenvalue weighted by Gasteiger charge is -2.14. The predicted octanol–water partition coefficient (Wildman–Crippen LogP) is 3.30. The molecule has 0 unspecified atom stereocenters. The molecule has 0 N–H and O–H groups in total. The maximum Gasteiger partial charge on any atom is 0.145 e. The number of pyridine rings is 1. The van der Waals surface area contributed by atoms with Gasteiger partial charge in [-0.05, 0) is 33.8 Å². The van der Waals surface area contributed by atoms with E-state index in [-0.39, 0.29) is 5.41 Å². The third kappa shape index (κ3) is 2.16. The third-order valence-corrected chi connectivity index (χ3v) is 3.95. The molecule has 100 valence electrons. The van der Waals surface area contributed by atoms with E-state index in [0.717, 1.165) is 34.4 Å². The first-order valence-corrected chi connectivity index (χ1v) is 7.04. The highest BCUT2D eigenvalue weighted by Crippen LogP contribution is 2.40. The lowest BCUT2D eigenvalue weighted by atomic mass is 9.89. The van der Waals surface area contributed by atoms with E-state index in [0.29, 0.717) is 0 Å². The van der Waals surface area contributed by atoms with Crippen molar-refractivity contribution in [2.75, 3.05) is 7.11 Å². The predicted molar refractivity (Wildman–Crippen MR) is 77.2 cm³/mol. The fourth-order valence-corrected chi connectivity index (χ4v) is 2.99. The first-order valence-electron chi connectivity index (χ1n) is 6.25. The second-order valence-corrected chi connectivity index (χ2v) is 6.52. The zero-order chi connectivity index (χ0) is 13.6. The molecule has 0 radical (unpaired) electrons. The van der Waals surface area contributed by atoms with Crippen LogP contribution in [-0.4, -0.2) is 21.9 Å². The van der Waals surface area contributed by atoms with E-state index in [2.05, 4.69) is 44.5 Å². The van der Waals surface area contributed by atoms with Gasteiger partial charge in [-0.25, -0.2) is 4.98 Å². The molecule has 0 aromatic carbocycles. The zero-order valence-corrected chi connectivity index (χ0v) is 12.9. The lowest BCUT2D eigenvalue weighted by Crippen LogP contribution is -2.12. The van der Waals surface area contributed by atoms with Crippen LogP contribution in [-0.2, 0) is 13.0 Å². The maximum atomic E-state index is 5.42. The van der Waals surface area contributed by atoms with E-state index in [9.17, 15) is 0 Å². The van der Waals surface area contributed by atoms with Crippen LogP contribution in [0.15, 0.2) is 23.1 Å². The molecule has 1 aliphatic heterocycles. The summed E-state index contributed by atoms with van der Waals surface area (Å²) in [6, 6.07) is 1.99. The van der Waals surface area contributed by atoms with Crippen LogP contribution in [0.3, 0.4) is 0 Å². The Bertz CT molecular complexity index is 634. The molecular formula is C14H16BrN3O. The molecule has 0 spiro atoms. The Kier molecular flexibility index (Phi) is 2.89. The number of methoxy groups -OCH3 is 1. The van der Waals surface area contributed by atoms with Gasteiger partial charge < -0.3 is 4.74 Å². The molecule has 5 heteroatoms. The minimum absolute atomic E-state index is 0.274. The van der Waals surface area contributed by atoms with E-state index in [1.54, 1.807) is 13.3 Å². The summed E-state index contributed by atoms with van der Waals surface area (Å²) in [5, 5.41) is 4.50. The summed E-state index contributed by atoms with van der Waals surface area (Å²) in [7, 11) is 1.67. The molecule has 1 aliphatic rings. The monoisotopic (exact) mass is 321 g/mol. The molecule has 2 aromatic rings. The summed E-state index contributed by atoms with van der Waals surface area (Å²) in [5.41, 5.74) is 3.74. The number of fused-ring (bicyclic) bond motifs is 1. The van der Waals surface area contributed by atoms with Crippen LogP contribution >= 0.6 is 15.9 Å². The van der Waals surface area contributed by atoms with Gasteiger partial charge in [0.05, 0.1) is 19.5 Å². The van der Waals surface area contributed by atoms with Crippen LogP contribution in [0.25, 0.3) is 11.1 Å². The van der Waals surface area contributed by atoms with E-state index < -0.39 is 0 Å². The summed E-state index contributed by atoms with van der Waals surface area (Å²) >= 11 is 3.42. The minimum Gasteiger partial charge on any atom is -0.494 e. The van der Waals surface area contributed by atoms with Gasteiger partial charge in [0.2, 0.25) is 0 Å². The fraction of sp³-hybridized carbons (Fsp3) is 0.429. The smallest absolute Gasteiger partial charge is 0.145 e. The Morgan fingerprint density at radius 3 is 2.84 bits per heavy atom. The van der Waals surface area contributed by atoms with Gasteiger partial charge in [-0.15, -0.1) is 0 Å².